The Morgan fingerprint density at radius 3 is 2.23 bits per heavy atom. The number of nitrogens with one attached hydrogen (secondary N) is 1. The summed E-state index contributed by atoms with van der Waals surface area (Å²) in [4.78, 5) is 12.9. The molecule has 0 aliphatic heterocycles. The molecule has 0 spiro atoms. The van der Waals surface area contributed by atoms with Gasteiger partial charge in [0.2, 0.25) is 5.91 Å². The number of rotatable bonds is 10. The maximum Gasteiger partial charge on any atom is 0.416 e. The Balaban J connectivity index is 2.04. The van der Waals surface area contributed by atoms with Gasteiger partial charge in [0.15, 0.2) is 11.5 Å². The average Bonchev–Trinajstić information content (AvgIpc) is 2.91. The first-order valence-electron chi connectivity index (χ1n) is 12.1. The van der Waals surface area contributed by atoms with Gasteiger partial charge in [0, 0.05) is 6.07 Å². The molecule has 3 rings (SSSR count). The molecule has 0 aromatic heterocycles. The van der Waals surface area contributed by atoms with Gasteiger partial charge >= 0.3 is 6.18 Å². The topological polar surface area (TPSA) is 84.9 Å². The van der Waals surface area contributed by atoms with Crippen molar-refractivity contribution in [3.05, 3.63) is 82.9 Å². The van der Waals surface area contributed by atoms with Crippen molar-refractivity contribution in [2.24, 2.45) is 0 Å². The normalized spacial score (nSPS) is 12.5. The molecule has 11 heteroatoms. The molecule has 1 N–H and O–H groups in total. The van der Waals surface area contributed by atoms with Crippen LogP contribution < -0.4 is 19.1 Å². The Bertz CT molecular complexity index is 1440. The third-order valence-electron chi connectivity index (χ3n) is 6.37. The molecule has 3 aromatic rings. The molecule has 0 aliphatic carbocycles. The van der Waals surface area contributed by atoms with Gasteiger partial charge in [-0.1, -0.05) is 31.2 Å². The lowest BCUT2D eigenvalue weighted by atomic mass is 9.99. The molecule has 39 heavy (non-hydrogen) atoms. The fraction of sp³-hybridized carbons (Fsp3) is 0.321. The van der Waals surface area contributed by atoms with Crippen LogP contribution in [0.15, 0.2) is 65.6 Å². The van der Waals surface area contributed by atoms with E-state index in [9.17, 15) is 26.4 Å². The first kappa shape index (κ1) is 29.8. The van der Waals surface area contributed by atoms with Crippen molar-refractivity contribution in [2.45, 2.75) is 44.3 Å². The second-order valence-corrected chi connectivity index (χ2v) is 10.8. The number of halogens is 3. The number of hydrogen-bond acceptors (Lipinski definition) is 5. The van der Waals surface area contributed by atoms with E-state index in [4.69, 9.17) is 9.47 Å². The number of carbonyl (C=O) groups excluding carboxylic acids is 1. The first-order chi connectivity index (χ1) is 18.3. The molecule has 210 valence electrons. The predicted molar refractivity (Wildman–Crippen MR) is 143 cm³/mol. The van der Waals surface area contributed by atoms with Crippen LogP contribution in [0.4, 0.5) is 18.9 Å². The summed E-state index contributed by atoms with van der Waals surface area (Å²) in [6.45, 7) is 5.02. The summed E-state index contributed by atoms with van der Waals surface area (Å²) in [7, 11) is -1.82. The molecule has 1 atom stereocenters. The molecule has 0 fully saturated rings. The van der Waals surface area contributed by atoms with Crippen LogP contribution in [0.1, 0.15) is 41.6 Å². The van der Waals surface area contributed by atoms with E-state index in [1.54, 1.807) is 0 Å². The highest BCUT2D eigenvalue weighted by molar-refractivity contribution is 7.92. The molecule has 0 bridgehead atoms. The Morgan fingerprint density at radius 1 is 0.949 bits per heavy atom. The summed E-state index contributed by atoms with van der Waals surface area (Å²) in [6.07, 6.45) is -4.20. The number of methoxy groups -OCH3 is 2. The second kappa shape index (κ2) is 12.0. The van der Waals surface area contributed by atoms with Gasteiger partial charge in [-0.25, -0.2) is 8.42 Å². The zero-order valence-corrected chi connectivity index (χ0v) is 23.1. The number of aryl methyl sites for hydroxylation is 2. The van der Waals surface area contributed by atoms with E-state index in [0.717, 1.165) is 28.8 Å². The van der Waals surface area contributed by atoms with E-state index < -0.39 is 40.3 Å². The van der Waals surface area contributed by atoms with E-state index in [1.165, 1.54) is 38.5 Å². The van der Waals surface area contributed by atoms with Crippen LogP contribution in [0, 0.1) is 13.8 Å². The average molecular weight is 565 g/mol. The molecular weight excluding hydrogens is 533 g/mol. The van der Waals surface area contributed by atoms with Gasteiger partial charge in [-0.15, -0.1) is 0 Å². The zero-order valence-electron chi connectivity index (χ0n) is 22.3. The number of anilines is 1. The van der Waals surface area contributed by atoms with Gasteiger partial charge in [0.25, 0.3) is 10.0 Å². The van der Waals surface area contributed by atoms with Crippen molar-refractivity contribution in [1.82, 2.24) is 5.32 Å². The SMILES string of the molecule is CCC(NC(=O)CN(c1cccc(C(F)(F)F)c1)S(=O)(=O)c1ccc(OC)c(OC)c1)c1ccc(C)c(C)c1. The molecule has 1 unspecified atom stereocenters. The van der Waals surface area contributed by atoms with Crippen LogP contribution in [0.3, 0.4) is 0 Å². The summed E-state index contributed by atoms with van der Waals surface area (Å²) in [5, 5.41) is 2.83. The monoisotopic (exact) mass is 564 g/mol. The number of alkyl halides is 3. The molecule has 0 heterocycles. The maximum atomic E-state index is 13.8. The zero-order chi connectivity index (χ0) is 29.0. The quantitative estimate of drug-likeness (QED) is 0.336. The van der Waals surface area contributed by atoms with Crippen molar-refractivity contribution in [1.29, 1.82) is 0 Å². The van der Waals surface area contributed by atoms with Gasteiger partial charge in [-0.3, -0.25) is 9.10 Å². The van der Waals surface area contributed by atoms with Crippen molar-refractivity contribution in [3.8, 4) is 11.5 Å². The van der Waals surface area contributed by atoms with Crippen LogP contribution in [-0.4, -0.2) is 35.1 Å². The Kier molecular flexibility index (Phi) is 9.16. The lowest BCUT2D eigenvalue weighted by Crippen LogP contribution is -2.42. The second-order valence-electron chi connectivity index (χ2n) is 8.95. The van der Waals surface area contributed by atoms with Crippen LogP contribution in [0.5, 0.6) is 11.5 Å². The minimum absolute atomic E-state index is 0.104. The summed E-state index contributed by atoms with van der Waals surface area (Å²) < 4.78 is 79.0. The van der Waals surface area contributed by atoms with E-state index in [2.05, 4.69) is 5.32 Å². The van der Waals surface area contributed by atoms with Gasteiger partial charge in [0.05, 0.1) is 36.4 Å². The summed E-state index contributed by atoms with van der Waals surface area (Å²) in [5.41, 5.74) is 1.59. The molecule has 1 amide bonds. The fourth-order valence-electron chi connectivity index (χ4n) is 4.03. The lowest BCUT2D eigenvalue weighted by molar-refractivity contribution is -0.137. The molecule has 7 nitrogen and oxygen atoms in total. The molecule has 3 aromatic carbocycles. The van der Waals surface area contributed by atoms with Crippen LogP contribution >= 0.6 is 0 Å². The Morgan fingerprint density at radius 2 is 1.64 bits per heavy atom. The first-order valence-corrected chi connectivity index (χ1v) is 13.5. The minimum atomic E-state index is -4.71. The Hall–Kier alpha value is -3.73. The third kappa shape index (κ3) is 6.83. The standard InChI is InChI=1S/C28H31F3N2O5S/c1-6-24(20-11-10-18(2)19(3)14-20)32-27(34)17-33(22-9-7-8-21(15-22)28(29,30)31)39(35,36)23-12-13-25(37-4)26(16-23)38-5/h7-16,24H,6,17H2,1-5H3,(H,32,34). The minimum Gasteiger partial charge on any atom is -0.493 e. The summed E-state index contributed by atoms with van der Waals surface area (Å²) in [5.74, 6) is -0.312. The third-order valence-corrected chi connectivity index (χ3v) is 8.14. The highest BCUT2D eigenvalue weighted by Crippen LogP contribution is 2.35. The number of amides is 1. The number of ether oxygens (including phenoxy) is 2. The van der Waals surface area contributed by atoms with Gasteiger partial charge in [0.1, 0.15) is 6.54 Å². The molecule has 0 radical (unpaired) electrons. The van der Waals surface area contributed by atoms with Gasteiger partial charge in [-0.2, -0.15) is 13.2 Å². The van der Waals surface area contributed by atoms with Crippen molar-refractivity contribution in [3.63, 3.8) is 0 Å². The van der Waals surface area contributed by atoms with Gasteiger partial charge < -0.3 is 14.8 Å². The van der Waals surface area contributed by atoms with E-state index in [-0.39, 0.29) is 22.1 Å². The molecular formula is C28H31F3N2O5S. The lowest BCUT2D eigenvalue weighted by Gasteiger charge is -2.26. The van der Waals surface area contributed by atoms with Crippen LogP contribution in [-0.2, 0) is 21.0 Å². The van der Waals surface area contributed by atoms with Crippen molar-refractivity contribution < 1.29 is 35.9 Å². The van der Waals surface area contributed by atoms with E-state index >= 15 is 0 Å². The number of hydrogen-bond donors (Lipinski definition) is 1. The summed E-state index contributed by atoms with van der Waals surface area (Å²) >= 11 is 0. The number of nitrogens with zero attached hydrogens (tertiary/aromatic N) is 1. The largest absolute Gasteiger partial charge is 0.493 e. The van der Waals surface area contributed by atoms with Crippen molar-refractivity contribution in [2.75, 3.05) is 25.1 Å². The number of sulfonamides is 1. The Labute approximate surface area is 226 Å². The molecule has 0 aliphatic rings. The highest BCUT2D eigenvalue weighted by atomic mass is 32.2. The van der Waals surface area contributed by atoms with Crippen LogP contribution in [0.25, 0.3) is 0 Å². The fourth-order valence-corrected chi connectivity index (χ4v) is 5.46. The highest BCUT2D eigenvalue weighted by Gasteiger charge is 2.34. The summed E-state index contributed by atoms with van der Waals surface area (Å²) in [6, 6.07) is 12.9. The van der Waals surface area contributed by atoms with Crippen molar-refractivity contribution >= 4 is 21.6 Å². The molecule has 0 saturated carbocycles. The van der Waals surface area contributed by atoms with E-state index in [0.29, 0.717) is 16.8 Å². The van der Waals surface area contributed by atoms with Crippen LogP contribution in [0.2, 0.25) is 0 Å². The predicted octanol–water partition coefficient (Wildman–Crippen LogP) is 5.80. The van der Waals surface area contributed by atoms with Gasteiger partial charge in [-0.05, 0) is 67.3 Å². The maximum absolute atomic E-state index is 13.8. The smallest absolute Gasteiger partial charge is 0.416 e. The molecule has 0 saturated heterocycles. The van der Waals surface area contributed by atoms with E-state index in [1.807, 2.05) is 39.0 Å². The number of carbonyl (C=O) groups is 1. The number of benzene rings is 3.